The molecule has 0 fully saturated rings. The maximum Gasteiger partial charge on any atom is 0.183 e. The number of Topliss-reactive ketones (excluding diaryl/α,β-unsaturated/α-hetero) is 2. The van der Waals surface area contributed by atoms with Gasteiger partial charge in [0.15, 0.2) is 11.6 Å². The van der Waals surface area contributed by atoms with Crippen LogP contribution in [0.15, 0.2) is 47.7 Å². The van der Waals surface area contributed by atoms with Crippen LogP contribution in [-0.4, -0.2) is 47.4 Å². The molecule has 0 aliphatic rings. The van der Waals surface area contributed by atoms with Gasteiger partial charge in [0.05, 0.1) is 17.8 Å². The van der Waals surface area contributed by atoms with Crippen molar-refractivity contribution in [2.45, 2.75) is 73.9 Å². The maximum absolute atomic E-state index is 12.9. The number of hydrogen-bond donors (Lipinski definition) is 3. The zero-order valence-corrected chi connectivity index (χ0v) is 23.3. The third-order valence-corrected chi connectivity index (χ3v) is 5.57. The summed E-state index contributed by atoms with van der Waals surface area (Å²) in [5, 5.41) is 10.9. The molecular formula is C29H43N5O2. The van der Waals surface area contributed by atoms with Crippen LogP contribution in [0.5, 0.6) is 0 Å². The fourth-order valence-electron chi connectivity index (χ4n) is 3.23. The van der Waals surface area contributed by atoms with E-state index in [1.165, 1.54) is 0 Å². The van der Waals surface area contributed by atoms with Gasteiger partial charge in [-0.3, -0.25) is 15.0 Å². The molecule has 2 aromatic rings. The molecule has 0 unspecified atom stereocenters. The van der Waals surface area contributed by atoms with Crippen LogP contribution in [0.3, 0.4) is 0 Å². The smallest absolute Gasteiger partial charge is 0.183 e. The van der Waals surface area contributed by atoms with E-state index >= 15 is 0 Å². The summed E-state index contributed by atoms with van der Waals surface area (Å²) in [6.45, 7) is 20.0. The highest BCUT2D eigenvalue weighted by molar-refractivity contribution is 6.02. The van der Waals surface area contributed by atoms with Crippen LogP contribution in [0.1, 0.15) is 88.6 Å². The second kappa shape index (κ2) is 11.9. The lowest BCUT2D eigenvalue weighted by molar-refractivity contribution is 0.0872. The highest BCUT2D eigenvalue weighted by atomic mass is 16.1. The van der Waals surface area contributed by atoms with E-state index < -0.39 is 5.54 Å². The molecule has 2 rings (SSSR count). The molecular weight excluding hydrogens is 450 g/mol. The largest absolute Gasteiger partial charge is 0.307 e. The molecule has 1 aromatic carbocycles. The van der Waals surface area contributed by atoms with Crippen molar-refractivity contribution in [3.05, 3.63) is 59.3 Å². The first-order valence-electron chi connectivity index (χ1n) is 12.5. The van der Waals surface area contributed by atoms with Gasteiger partial charge in [0.2, 0.25) is 0 Å². The lowest BCUT2D eigenvalue weighted by Crippen LogP contribution is -2.49. The van der Waals surface area contributed by atoms with E-state index in [4.69, 9.17) is 0 Å². The topological polar surface area (TPSA) is 95.5 Å². The van der Waals surface area contributed by atoms with Gasteiger partial charge in [-0.15, -0.1) is 0 Å². The molecule has 3 N–H and O–H groups in total. The molecule has 0 saturated heterocycles. The molecule has 1 heterocycles. The van der Waals surface area contributed by atoms with Crippen LogP contribution >= 0.6 is 0 Å². The molecule has 0 aliphatic heterocycles. The standard InChI is InChI=1S/C29H43N5O2/c1-20(31-18-27(2,3)4)25(35)22-12-10-21(11-13-22)16-33-34-24-15-14-23(17-30-24)26(36)29(8,9)32-19-28(5,6)7/h10-17,20,31-32H,18-19H2,1-9H3,(H,30,34)/b33-16+/t20-/m1/s1. The van der Waals surface area contributed by atoms with Crippen molar-refractivity contribution < 1.29 is 9.59 Å². The Morgan fingerprint density at radius 3 is 2.00 bits per heavy atom. The molecule has 0 radical (unpaired) electrons. The van der Waals surface area contributed by atoms with E-state index in [0.29, 0.717) is 16.9 Å². The van der Waals surface area contributed by atoms with E-state index in [2.05, 4.69) is 67.7 Å². The van der Waals surface area contributed by atoms with Gasteiger partial charge in [-0.2, -0.15) is 5.10 Å². The van der Waals surface area contributed by atoms with E-state index in [-0.39, 0.29) is 28.4 Å². The number of hydrazone groups is 1. The number of ketones is 2. The van der Waals surface area contributed by atoms with E-state index in [1.54, 1.807) is 24.5 Å². The first-order chi connectivity index (χ1) is 16.6. The minimum atomic E-state index is -0.684. The second-order valence-corrected chi connectivity index (χ2v) is 12.3. The molecule has 196 valence electrons. The fourth-order valence-corrected chi connectivity index (χ4v) is 3.23. The van der Waals surface area contributed by atoms with Crippen LogP contribution in [0.25, 0.3) is 0 Å². The molecule has 0 spiro atoms. The summed E-state index contributed by atoms with van der Waals surface area (Å²) < 4.78 is 0. The number of carbonyl (C=O) groups excluding carboxylic acids is 2. The highest BCUT2D eigenvalue weighted by Gasteiger charge is 2.29. The highest BCUT2D eigenvalue weighted by Crippen LogP contribution is 2.18. The number of nitrogens with zero attached hydrogens (tertiary/aromatic N) is 2. The number of hydrogen-bond acceptors (Lipinski definition) is 7. The Morgan fingerprint density at radius 1 is 0.889 bits per heavy atom. The Morgan fingerprint density at radius 2 is 1.47 bits per heavy atom. The lowest BCUT2D eigenvalue weighted by Gasteiger charge is -2.29. The van der Waals surface area contributed by atoms with Gasteiger partial charge in [-0.05, 0) is 49.3 Å². The SMILES string of the molecule is C[C@@H](NCC(C)(C)C)C(=O)c1ccc(/C=N/Nc2ccc(C(=O)C(C)(C)NCC(C)(C)C)cn2)cc1. The Hall–Kier alpha value is -2.90. The summed E-state index contributed by atoms with van der Waals surface area (Å²) in [6.07, 6.45) is 3.23. The summed E-state index contributed by atoms with van der Waals surface area (Å²) >= 11 is 0. The number of nitrogens with one attached hydrogen (secondary N) is 3. The number of benzene rings is 1. The van der Waals surface area contributed by atoms with Crippen LogP contribution in [0, 0.1) is 10.8 Å². The molecule has 0 bridgehead atoms. The van der Waals surface area contributed by atoms with Crippen LogP contribution in [0.4, 0.5) is 5.82 Å². The van der Waals surface area contributed by atoms with Crippen molar-refractivity contribution in [3.63, 3.8) is 0 Å². The molecule has 36 heavy (non-hydrogen) atoms. The zero-order valence-electron chi connectivity index (χ0n) is 23.3. The number of carbonyl (C=O) groups is 2. The molecule has 0 saturated carbocycles. The molecule has 0 aliphatic carbocycles. The average Bonchev–Trinajstić information content (AvgIpc) is 2.80. The third kappa shape index (κ3) is 9.63. The monoisotopic (exact) mass is 493 g/mol. The molecule has 0 amide bonds. The van der Waals surface area contributed by atoms with Gasteiger partial charge in [0.1, 0.15) is 5.82 Å². The van der Waals surface area contributed by atoms with Gasteiger partial charge in [-0.1, -0.05) is 65.8 Å². The summed E-state index contributed by atoms with van der Waals surface area (Å²) in [7, 11) is 0. The number of pyridine rings is 1. The summed E-state index contributed by atoms with van der Waals surface area (Å²) in [6, 6.07) is 10.6. The van der Waals surface area contributed by atoms with Crippen molar-refractivity contribution in [1.29, 1.82) is 0 Å². The van der Waals surface area contributed by atoms with Crippen molar-refractivity contribution >= 4 is 23.6 Å². The Labute approximate surface area is 216 Å². The second-order valence-electron chi connectivity index (χ2n) is 12.3. The fraction of sp³-hybridized carbons (Fsp3) is 0.517. The van der Waals surface area contributed by atoms with Crippen LogP contribution in [0.2, 0.25) is 0 Å². The first-order valence-corrected chi connectivity index (χ1v) is 12.5. The molecule has 1 aromatic heterocycles. The van der Waals surface area contributed by atoms with Gasteiger partial charge < -0.3 is 10.6 Å². The van der Waals surface area contributed by atoms with Crippen molar-refractivity contribution in [2.75, 3.05) is 18.5 Å². The quantitative estimate of drug-likeness (QED) is 0.222. The third-order valence-electron chi connectivity index (χ3n) is 5.57. The summed E-state index contributed by atoms with van der Waals surface area (Å²) in [4.78, 5) is 29.9. The summed E-state index contributed by atoms with van der Waals surface area (Å²) in [5.41, 5.74) is 4.46. The predicted octanol–water partition coefficient (Wildman–Crippen LogP) is 5.33. The minimum absolute atomic E-state index is 0.00753. The average molecular weight is 494 g/mol. The van der Waals surface area contributed by atoms with E-state index in [9.17, 15) is 9.59 Å². The van der Waals surface area contributed by atoms with E-state index in [1.807, 2.05) is 45.0 Å². The van der Waals surface area contributed by atoms with Gasteiger partial charge >= 0.3 is 0 Å². The zero-order chi connectivity index (χ0) is 27.1. The Balaban J connectivity index is 1.92. The lowest BCUT2D eigenvalue weighted by atomic mass is 9.90. The van der Waals surface area contributed by atoms with Crippen molar-refractivity contribution in [1.82, 2.24) is 15.6 Å². The van der Waals surface area contributed by atoms with E-state index in [0.717, 1.165) is 18.7 Å². The Bertz CT molecular complexity index is 1040. The molecule has 7 nitrogen and oxygen atoms in total. The minimum Gasteiger partial charge on any atom is -0.307 e. The number of aromatic nitrogens is 1. The normalized spacial score (nSPS) is 13.6. The van der Waals surface area contributed by atoms with Crippen molar-refractivity contribution in [3.8, 4) is 0 Å². The van der Waals surface area contributed by atoms with Gasteiger partial charge in [0.25, 0.3) is 0 Å². The van der Waals surface area contributed by atoms with Crippen LogP contribution in [-0.2, 0) is 0 Å². The Kier molecular flexibility index (Phi) is 9.69. The number of anilines is 1. The predicted molar refractivity (Wildman–Crippen MR) is 149 cm³/mol. The number of rotatable bonds is 11. The molecule has 1 atom stereocenters. The molecule has 7 heteroatoms. The van der Waals surface area contributed by atoms with Gasteiger partial charge in [-0.25, -0.2) is 4.98 Å². The maximum atomic E-state index is 12.9. The van der Waals surface area contributed by atoms with Gasteiger partial charge in [0, 0.05) is 30.4 Å². The van der Waals surface area contributed by atoms with Crippen LogP contribution < -0.4 is 16.1 Å². The summed E-state index contributed by atoms with van der Waals surface area (Å²) in [5.74, 6) is 0.595. The first kappa shape index (κ1) is 29.3. The van der Waals surface area contributed by atoms with Crippen molar-refractivity contribution in [2.24, 2.45) is 15.9 Å².